The Hall–Kier alpha value is -2.94. The number of aryl methyl sites for hydroxylation is 1. The van der Waals surface area contributed by atoms with Gasteiger partial charge in [-0.3, -0.25) is 24.4 Å². The van der Waals surface area contributed by atoms with Crippen molar-refractivity contribution in [3.63, 3.8) is 0 Å². The molecule has 0 radical (unpaired) electrons. The van der Waals surface area contributed by atoms with Crippen molar-refractivity contribution in [2.75, 3.05) is 7.05 Å². The zero-order valence-corrected chi connectivity index (χ0v) is 22.4. The second kappa shape index (κ2) is 15.9. The monoisotopic (exact) mass is 504 g/mol. The average molecular weight is 505 g/mol. The number of nitrogens with one attached hydrogen (secondary N) is 4. The van der Waals surface area contributed by atoms with Gasteiger partial charge >= 0.3 is 0 Å². The molecule has 0 aromatic heterocycles. The van der Waals surface area contributed by atoms with Gasteiger partial charge in [0.25, 0.3) is 5.91 Å². The van der Waals surface area contributed by atoms with Crippen molar-refractivity contribution in [1.82, 2.24) is 21.4 Å². The normalized spacial score (nSPS) is 13.7. The van der Waals surface area contributed by atoms with Crippen LogP contribution in [-0.4, -0.2) is 48.0 Å². The molecule has 36 heavy (non-hydrogen) atoms. The third-order valence-electron chi connectivity index (χ3n) is 6.20. The molecule has 0 saturated heterocycles. The predicted molar refractivity (Wildman–Crippen MR) is 139 cm³/mol. The van der Waals surface area contributed by atoms with E-state index in [4.69, 9.17) is 0 Å². The molecule has 3 unspecified atom stereocenters. The lowest BCUT2D eigenvalue weighted by Crippen LogP contribution is -2.58. The van der Waals surface area contributed by atoms with Gasteiger partial charge in [-0.25, -0.2) is 5.48 Å². The van der Waals surface area contributed by atoms with Crippen LogP contribution in [0.3, 0.4) is 0 Å². The first-order chi connectivity index (χ1) is 17.0. The van der Waals surface area contributed by atoms with Crippen LogP contribution in [0.1, 0.15) is 78.2 Å². The van der Waals surface area contributed by atoms with Gasteiger partial charge in [-0.1, -0.05) is 90.1 Å². The summed E-state index contributed by atoms with van der Waals surface area (Å²) >= 11 is 0. The molecule has 9 heteroatoms. The Morgan fingerprint density at radius 3 is 2.03 bits per heavy atom. The number of hydrogen-bond acceptors (Lipinski definition) is 5. The first kappa shape index (κ1) is 31.1. The molecular formula is C27H44N4O5. The van der Waals surface area contributed by atoms with E-state index >= 15 is 0 Å². The summed E-state index contributed by atoms with van der Waals surface area (Å²) in [6, 6.07) is 7.68. The van der Waals surface area contributed by atoms with E-state index < -0.39 is 41.1 Å². The Balaban J connectivity index is 3.02. The quantitative estimate of drug-likeness (QED) is 0.108. The minimum absolute atomic E-state index is 0.163. The van der Waals surface area contributed by atoms with E-state index in [1.54, 1.807) is 5.48 Å². The van der Waals surface area contributed by atoms with Gasteiger partial charge < -0.3 is 16.0 Å². The van der Waals surface area contributed by atoms with Gasteiger partial charge in [-0.2, -0.15) is 0 Å². The summed E-state index contributed by atoms with van der Waals surface area (Å²) in [5.74, 6) is -3.46. The number of rotatable bonds is 15. The molecule has 0 aliphatic carbocycles. The summed E-state index contributed by atoms with van der Waals surface area (Å²) in [6.45, 7) is 7.65. The largest absolute Gasteiger partial charge is 0.357 e. The molecule has 202 valence electrons. The van der Waals surface area contributed by atoms with Crippen LogP contribution in [0.5, 0.6) is 0 Å². The van der Waals surface area contributed by atoms with Crippen molar-refractivity contribution in [1.29, 1.82) is 0 Å². The summed E-state index contributed by atoms with van der Waals surface area (Å²) < 4.78 is 0. The number of unbranched alkanes of at least 4 members (excludes halogenated alkanes) is 4. The molecule has 5 N–H and O–H groups in total. The number of carbonyl (C=O) groups excluding carboxylic acids is 4. The molecule has 0 aliphatic heterocycles. The Bertz CT molecular complexity index is 838. The van der Waals surface area contributed by atoms with E-state index in [9.17, 15) is 24.4 Å². The zero-order chi connectivity index (χ0) is 27.1. The fourth-order valence-corrected chi connectivity index (χ4v) is 3.97. The lowest BCUT2D eigenvalue weighted by atomic mass is 9.85. The fraction of sp³-hybridized carbons (Fsp3) is 0.630. The minimum atomic E-state index is -1.18. The van der Waals surface area contributed by atoms with Gasteiger partial charge in [-0.05, 0) is 30.2 Å². The number of hydrogen-bond donors (Lipinski definition) is 5. The maximum Gasteiger partial charge on any atom is 0.255 e. The first-order valence-corrected chi connectivity index (χ1v) is 12.8. The summed E-state index contributed by atoms with van der Waals surface area (Å²) in [5, 5.41) is 17.3. The van der Waals surface area contributed by atoms with Crippen molar-refractivity contribution in [3.05, 3.63) is 35.9 Å². The van der Waals surface area contributed by atoms with Gasteiger partial charge in [-0.15, -0.1) is 0 Å². The van der Waals surface area contributed by atoms with E-state index in [-0.39, 0.29) is 12.3 Å². The van der Waals surface area contributed by atoms with Crippen molar-refractivity contribution in [2.45, 2.75) is 91.1 Å². The molecule has 1 rings (SSSR count). The topological polar surface area (TPSA) is 137 Å². The van der Waals surface area contributed by atoms with E-state index in [0.717, 1.165) is 31.2 Å². The molecule has 0 fully saturated rings. The molecular weight excluding hydrogens is 460 g/mol. The van der Waals surface area contributed by atoms with E-state index in [1.807, 2.05) is 51.1 Å². The standard InChI is InChI=1S/C27H44N4O5/c1-6-7-8-9-13-16-21(25(34)30-22(26(35)28-5)27(2,3)4)29-23(32)20(24(33)31-36)18-17-19-14-11-10-12-15-19/h10-12,14-15,20-22,36H,6-9,13,16-18H2,1-5H3,(H,28,35)(H,29,32)(H,30,34)(H,31,33). The number of amides is 4. The van der Waals surface area contributed by atoms with Crippen LogP contribution >= 0.6 is 0 Å². The van der Waals surface area contributed by atoms with Crippen LogP contribution in [0, 0.1) is 11.3 Å². The first-order valence-electron chi connectivity index (χ1n) is 12.8. The fourth-order valence-electron chi connectivity index (χ4n) is 3.97. The van der Waals surface area contributed by atoms with E-state index in [2.05, 4.69) is 22.9 Å². The second-order valence-corrected chi connectivity index (χ2v) is 10.2. The van der Waals surface area contributed by atoms with Gasteiger partial charge in [0, 0.05) is 7.05 Å². The molecule has 0 saturated carbocycles. The average Bonchev–Trinajstić information content (AvgIpc) is 2.85. The number of likely N-dealkylation sites (N-methyl/N-ethyl adjacent to an activating group) is 1. The molecule has 1 aromatic rings. The molecule has 0 heterocycles. The van der Waals surface area contributed by atoms with Crippen LogP contribution in [0.25, 0.3) is 0 Å². The lowest BCUT2D eigenvalue weighted by Gasteiger charge is -2.31. The summed E-state index contributed by atoms with van der Waals surface area (Å²) in [5.41, 5.74) is 1.97. The van der Waals surface area contributed by atoms with Crippen LogP contribution in [0.2, 0.25) is 0 Å². The van der Waals surface area contributed by atoms with E-state index in [1.165, 1.54) is 7.05 Å². The van der Waals surface area contributed by atoms with Crippen LogP contribution in [-0.2, 0) is 25.6 Å². The van der Waals surface area contributed by atoms with Crippen molar-refractivity contribution in [3.8, 4) is 0 Å². The number of carbonyl (C=O) groups is 4. The van der Waals surface area contributed by atoms with Gasteiger partial charge in [0.05, 0.1) is 0 Å². The maximum atomic E-state index is 13.3. The van der Waals surface area contributed by atoms with Crippen LogP contribution < -0.4 is 21.4 Å². The third kappa shape index (κ3) is 10.8. The zero-order valence-electron chi connectivity index (χ0n) is 22.4. The minimum Gasteiger partial charge on any atom is -0.357 e. The Morgan fingerprint density at radius 1 is 0.833 bits per heavy atom. The third-order valence-corrected chi connectivity index (χ3v) is 6.20. The summed E-state index contributed by atoms with van der Waals surface area (Å²) in [4.78, 5) is 51.2. The molecule has 0 spiro atoms. The molecule has 4 amide bonds. The van der Waals surface area contributed by atoms with Crippen molar-refractivity contribution >= 4 is 23.6 Å². The SMILES string of the molecule is CCCCCCCC(NC(=O)C(CCc1ccccc1)C(=O)NO)C(=O)NC(C(=O)NC)C(C)(C)C. The van der Waals surface area contributed by atoms with Gasteiger partial charge in [0.2, 0.25) is 17.7 Å². The number of hydroxylamine groups is 1. The maximum absolute atomic E-state index is 13.3. The van der Waals surface area contributed by atoms with Crippen molar-refractivity contribution < 1.29 is 24.4 Å². The highest BCUT2D eigenvalue weighted by molar-refractivity contribution is 6.01. The predicted octanol–water partition coefficient (Wildman–Crippen LogP) is 2.86. The lowest BCUT2D eigenvalue weighted by molar-refractivity contribution is -0.142. The number of benzene rings is 1. The summed E-state index contributed by atoms with van der Waals surface area (Å²) in [7, 11) is 1.51. The molecule has 1 aromatic carbocycles. The second-order valence-electron chi connectivity index (χ2n) is 10.2. The van der Waals surface area contributed by atoms with Crippen LogP contribution in [0.4, 0.5) is 0 Å². The van der Waals surface area contributed by atoms with Gasteiger partial charge in [0.15, 0.2) is 0 Å². The van der Waals surface area contributed by atoms with Crippen molar-refractivity contribution in [2.24, 2.45) is 11.3 Å². The molecule has 9 nitrogen and oxygen atoms in total. The van der Waals surface area contributed by atoms with E-state index in [0.29, 0.717) is 19.3 Å². The highest BCUT2D eigenvalue weighted by atomic mass is 16.5. The highest BCUT2D eigenvalue weighted by Gasteiger charge is 2.35. The Kier molecular flexibility index (Phi) is 13.8. The Labute approximate surface area is 215 Å². The molecule has 0 aliphatic rings. The highest BCUT2D eigenvalue weighted by Crippen LogP contribution is 2.20. The molecule has 3 atom stereocenters. The summed E-state index contributed by atoms with van der Waals surface area (Å²) in [6.07, 6.45) is 5.79. The molecule has 0 bridgehead atoms. The smallest absolute Gasteiger partial charge is 0.255 e. The van der Waals surface area contributed by atoms with Gasteiger partial charge in [0.1, 0.15) is 18.0 Å². The van der Waals surface area contributed by atoms with Crippen LogP contribution in [0.15, 0.2) is 30.3 Å². The Morgan fingerprint density at radius 2 is 1.47 bits per heavy atom.